The Bertz CT molecular complexity index is 401. The molecule has 2 unspecified atom stereocenters. The lowest BCUT2D eigenvalue weighted by molar-refractivity contribution is -0.135. The zero-order chi connectivity index (χ0) is 13.1. The van der Waals surface area contributed by atoms with Crippen molar-refractivity contribution in [3.8, 4) is 0 Å². The quantitative estimate of drug-likeness (QED) is 0.797. The van der Waals surface area contributed by atoms with Gasteiger partial charge in [0.25, 0.3) is 0 Å². The maximum Gasteiger partial charge on any atom is 0.230 e. The molecule has 1 fully saturated rings. The van der Waals surface area contributed by atoms with Gasteiger partial charge >= 0.3 is 0 Å². The van der Waals surface area contributed by atoms with E-state index < -0.39 is 0 Å². The molecular formula is C16H23NO. The van der Waals surface area contributed by atoms with Crippen molar-refractivity contribution in [1.82, 2.24) is 4.90 Å². The Hall–Kier alpha value is -1.31. The Labute approximate surface area is 110 Å². The van der Waals surface area contributed by atoms with Gasteiger partial charge in [0.2, 0.25) is 5.91 Å². The van der Waals surface area contributed by atoms with E-state index in [0.717, 1.165) is 24.8 Å². The molecule has 0 N–H and O–H groups in total. The van der Waals surface area contributed by atoms with Crippen molar-refractivity contribution in [2.45, 2.75) is 58.0 Å². The number of amides is 1. The van der Waals surface area contributed by atoms with Crippen LogP contribution in [0, 0.1) is 0 Å². The molecule has 98 valence electrons. The molecule has 2 heteroatoms. The highest BCUT2D eigenvalue weighted by Crippen LogP contribution is 2.30. The molecule has 18 heavy (non-hydrogen) atoms. The lowest BCUT2D eigenvalue weighted by atomic mass is 9.99. The van der Waals surface area contributed by atoms with Gasteiger partial charge in [-0.1, -0.05) is 37.3 Å². The Balaban J connectivity index is 2.15. The molecule has 1 aliphatic heterocycles. The van der Waals surface area contributed by atoms with Crippen LogP contribution in [-0.2, 0) is 4.79 Å². The van der Waals surface area contributed by atoms with Crippen molar-refractivity contribution in [1.29, 1.82) is 0 Å². The number of carbonyl (C=O) groups is 1. The molecule has 2 nitrogen and oxygen atoms in total. The number of hydrogen-bond acceptors (Lipinski definition) is 1. The summed E-state index contributed by atoms with van der Waals surface area (Å²) in [5, 5.41) is 0. The van der Waals surface area contributed by atoms with Crippen LogP contribution in [-0.4, -0.2) is 22.9 Å². The fourth-order valence-electron chi connectivity index (χ4n) is 2.98. The summed E-state index contributed by atoms with van der Waals surface area (Å²) in [6, 6.07) is 10.9. The van der Waals surface area contributed by atoms with Gasteiger partial charge in [-0.15, -0.1) is 0 Å². The van der Waals surface area contributed by atoms with E-state index in [1.165, 1.54) is 0 Å². The van der Waals surface area contributed by atoms with Gasteiger partial charge in [0.15, 0.2) is 0 Å². The van der Waals surface area contributed by atoms with Gasteiger partial charge in [0.05, 0.1) is 5.92 Å². The Morgan fingerprint density at radius 1 is 1.33 bits per heavy atom. The molecule has 2 rings (SSSR count). The Morgan fingerprint density at radius 3 is 2.61 bits per heavy atom. The second-order valence-corrected chi connectivity index (χ2v) is 5.37. The predicted molar refractivity (Wildman–Crippen MR) is 74.5 cm³/mol. The van der Waals surface area contributed by atoms with Gasteiger partial charge in [-0.3, -0.25) is 4.79 Å². The number of hydrogen-bond donors (Lipinski definition) is 0. The van der Waals surface area contributed by atoms with Crippen LogP contribution in [0.4, 0.5) is 0 Å². The van der Waals surface area contributed by atoms with Crippen molar-refractivity contribution in [3.63, 3.8) is 0 Å². The van der Waals surface area contributed by atoms with Gasteiger partial charge in [-0.25, -0.2) is 0 Å². The maximum absolute atomic E-state index is 12.7. The first-order valence-corrected chi connectivity index (χ1v) is 7.02. The third-order valence-corrected chi connectivity index (χ3v) is 4.18. The summed E-state index contributed by atoms with van der Waals surface area (Å²) in [5.74, 6) is 0.263. The van der Waals surface area contributed by atoms with E-state index in [9.17, 15) is 4.79 Å². The molecule has 0 saturated carbocycles. The fourth-order valence-corrected chi connectivity index (χ4v) is 2.98. The van der Waals surface area contributed by atoms with Crippen LogP contribution in [0.15, 0.2) is 30.3 Å². The van der Waals surface area contributed by atoms with Gasteiger partial charge in [-0.2, -0.15) is 0 Å². The number of benzene rings is 1. The molecule has 1 aromatic carbocycles. The van der Waals surface area contributed by atoms with E-state index in [4.69, 9.17) is 0 Å². The SMILES string of the molecule is CCC1CC[C@@H](C)N1C(=O)C(C)c1ccccc1. The van der Waals surface area contributed by atoms with Gasteiger partial charge < -0.3 is 4.90 Å². The molecule has 1 amide bonds. The highest BCUT2D eigenvalue weighted by atomic mass is 16.2. The maximum atomic E-state index is 12.7. The largest absolute Gasteiger partial charge is 0.337 e. The van der Waals surface area contributed by atoms with E-state index in [1.807, 2.05) is 37.3 Å². The van der Waals surface area contributed by atoms with Crippen molar-refractivity contribution >= 4 is 5.91 Å². The summed E-state index contributed by atoms with van der Waals surface area (Å²) in [6.07, 6.45) is 3.37. The first kappa shape index (κ1) is 13.1. The molecule has 1 heterocycles. The molecule has 0 aromatic heterocycles. The molecule has 0 aliphatic carbocycles. The normalized spacial score (nSPS) is 25.2. The molecule has 1 aromatic rings. The topological polar surface area (TPSA) is 20.3 Å². The number of carbonyl (C=O) groups excluding carboxylic acids is 1. The summed E-state index contributed by atoms with van der Waals surface area (Å²) >= 11 is 0. The monoisotopic (exact) mass is 245 g/mol. The van der Waals surface area contributed by atoms with E-state index in [0.29, 0.717) is 12.1 Å². The third kappa shape index (κ3) is 2.43. The summed E-state index contributed by atoms with van der Waals surface area (Å²) in [4.78, 5) is 14.8. The van der Waals surface area contributed by atoms with Crippen LogP contribution in [0.1, 0.15) is 51.5 Å². The van der Waals surface area contributed by atoms with E-state index >= 15 is 0 Å². The van der Waals surface area contributed by atoms with Crippen LogP contribution >= 0.6 is 0 Å². The van der Waals surface area contributed by atoms with Gasteiger partial charge in [0.1, 0.15) is 0 Å². The molecule has 0 bridgehead atoms. The molecule has 1 aliphatic rings. The molecule has 0 radical (unpaired) electrons. The molecule has 3 atom stereocenters. The molecule has 1 saturated heterocycles. The average Bonchev–Trinajstić information content (AvgIpc) is 2.79. The predicted octanol–water partition coefficient (Wildman–Crippen LogP) is 3.58. The van der Waals surface area contributed by atoms with Crippen LogP contribution < -0.4 is 0 Å². The van der Waals surface area contributed by atoms with Gasteiger partial charge in [0, 0.05) is 12.1 Å². The summed E-state index contributed by atoms with van der Waals surface area (Å²) in [6.45, 7) is 6.37. The zero-order valence-corrected chi connectivity index (χ0v) is 11.6. The van der Waals surface area contributed by atoms with E-state index in [1.54, 1.807) is 0 Å². The zero-order valence-electron chi connectivity index (χ0n) is 11.6. The van der Waals surface area contributed by atoms with Crippen LogP contribution in [0.25, 0.3) is 0 Å². The summed E-state index contributed by atoms with van der Waals surface area (Å²) in [7, 11) is 0. The van der Waals surface area contributed by atoms with Crippen LogP contribution in [0.2, 0.25) is 0 Å². The van der Waals surface area contributed by atoms with Crippen molar-refractivity contribution in [2.24, 2.45) is 0 Å². The minimum atomic E-state index is -0.0270. The smallest absolute Gasteiger partial charge is 0.230 e. The lowest BCUT2D eigenvalue weighted by Gasteiger charge is -2.30. The van der Waals surface area contributed by atoms with E-state index in [2.05, 4.69) is 18.7 Å². The fraction of sp³-hybridized carbons (Fsp3) is 0.562. The number of likely N-dealkylation sites (tertiary alicyclic amines) is 1. The lowest BCUT2D eigenvalue weighted by Crippen LogP contribution is -2.41. The molecular weight excluding hydrogens is 222 g/mol. The van der Waals surface area contributed by atoms with Crippen molar-refractivity contribution < 1.29 is 4.79 Å². The van der Waals surface area contributed by atoms with Gasteiger partial charge in [-0.05, 0) is 38.7 Å². The minimum Gasteiger partial charge on any atom is -0.337 e. The van der Waals surface area contributed by atoms with Crippen LogP contribution in [0.3, 0.4) is 0 Å². The third-order valence-electron chi connectivity index (χ3n) is 4.18. The number of rotatable bonds is 3. The second kappa shape index (κ2) is 5.55. The van der Waals surface area contributed by atoms with Crippen molar-refractivity contribution in [3.05, 3.63) is 35.9 Å². The van der Waals surface area contributed by atoms with Crippen molar-refractivity contribution in [2.75, 3.05) is 0 Å². The summed E-state index contributed by atoms with van der Waals surface area (Å²) < 4.78 is 0. The highest BCUT2D eigenvalue weighted by Gasteiger charge is 2.35. The van der Waals surface area contributed by atoms with Crippen LogP contribution in [0.5, 0.6) is 0 Å². The minimum absolute atomic E-state index is 0.0270. The van der Waals surface area contributed by atoms with E-state index in [-0.39, 0.29) is 11.8 Å². The molecule has 0 spiro atoms. The first-order chi connectivity index (χ1) is 8.65. The first-order valence-electron chi connectivity index (χ1n) is 7.02. The highest BCUT2D eigenvalue weighted by molar-refractivity contribution is 5.84. The number of nitrogens with zero attached hydrogens (tertiary/aromatic N) is 1. The standard InChI is InChI=1S/C16H23NO/c1-4-15-11-10-12(2)17(15)16(18)13(3)14-8-6-5-7-9-14/h5-9,12-13,15H,4,10-11H2,1-3H3/t12-,13?,15?/m1/s1. The Morgan fingerprint density at radius 2 is 2.00 bits per heavy atom. The Kier molecular flexibility index (Phi) is 4.05. The average molecular weight is 245 g/mol. The second-order valence-electron chi connectivity index (χ2n) is 5.37. The summed E-state index contributed by atoms with van der Waals surface area (Å²) in [5.41, 5.74) is 1.12.